The third-order valence-electron chi connectivity index (χ3n) is 14.1. The summed E-state index contributed by atoms with van der Waals surface area (Å²) in [5, 5.41) is 16.5. The quantitative estimate of drug-likeness (QED) is 0.0621. The molecule has 0 unspecified atom stereocenters. The molecule has 1 N–H and O–H groups in total. The molecule has 6 heterocycles. The predicted octanol–water partition coefficient (Wildman–Crippen LogP) is 11.3. The maximum absolute atomic E-state index is 13.1. The smallest absolute Gasteiger partial charge is 0.312 e. The Morgan fingerprint density at radius 1 is 0.632 bits per heavy atom. The summed E-state index contributed by atoms with van der Waals surface area (Å²) in [6.07, 6.45) is 5.80. The highest BCUT2D eigenvalue weighted by Crippen LogP contribution is 2.39. The van der Waals surface area contributed by atoms with Gasteiger partial charge in [-0.25, -0.2) is 0 Å². The Morgan fingerprint density at radius 2 is 1.07 bits per heavy atom. The summed E-state index contributed by atoms with van der Waals surface area (Å²) in [4.78, 5) is 55.8. The van der Waals surface area contributed by atoms with E-state index in [-0.39, 0.29) is 17.1 Å². The zero-order valence-corrected chi connectivity index (χ0v) is 43.7. The SMILES string of the molecule is CCOC(=O)C1(CCCn2c(=O)cc(C)c3ccc(C)cc32)CCN(CCSc2cccs2)CC1.Cc1ccc2c(C)cc(=O)n(CCCC3(C(=O)O)CCN(CCSc4cccs4)CC3)c2c1. The van der Waals surface area contributed by atoms with E-state index in [4.69, 9.17) is 4.74 Å². The van der Waals surface area contributed by atoms with E-state index in [1.807, 2.05) is 60.4 Å². The van der Waals surface area contributed by atoms with Gasteiger partial charge >= 0.3 is 11.9 Å². The second-order valence-electron chi connectivity index (χ2n) is 18.7. The second kappa shape index (κ2) is 24.1. The molecule has 8 rings (SSSR count). The van der Waals surface area contributed by atoms with Crippen LogP contribution in [0.2, 0.25) is 0 Å². The van der Waals surface area contributed by atoms with Gasteiger partial charge in [0.05, 0.1) is 36.9 Å². The average Bonchev–Trinajstić information content (AvgIpc) is 4.05. The molecule has 4 aromatic heterocycles. The number of benzene rings is 2. The first-order valence-electron chi connectivity index (χ1n) is 24.2. The number of piperidine rings is 2. The van der Waals surface area contributed by atoms with Crippen molar-refractivity contribution >= 4 is 79.9 Å². The van der Waals surface area contributed by atoms with Gasteiger partial charge in [-0.05, 0) is 169 Å². The lowest BCUT2D eigenvalue weighted by molar-refractivity contribution is -0.159. The first-order valence-corrected chi connectivity index (χ1v) is 27.9. The molecule has 6 aromatic rings. The largest absolute Gasteiger partial charge is 0.481 e. The summed E-state index contributed by atoms with van der Waals surface area (Å²) in [6, 6.07) is 24.4. The summed E-state index contributed by atoms with van der Waals surface area (Å²) in [5.41, 5.74) is 5.08. The van der Waals surface area contributed by atoms with Crippen molar-refractivity contribution < 1.29 is 19.4 Å². The van der Waals surface area contributed by atoms with Crippen LogP contribution in [0.1, 0.15) is 80.5 Å². The molecule has 2 saturated heterocycles. The van der Waals surface area contributed by atoms with Gasteiger partial charge < -0.3 is 28.8 Å². The first kappa shape index (κ1) is 51.7. The van der Waals surface area contributed by atoms with E-state index in [0.717, 1.165) is 121 Å². The zero-order valence-electron chi connectivity index (χ0n) is 40.4. The minimum absolute atomic E-state index is 0.00645. The van der Waals surface area contributed by atoms with Crippen LogP contribution in [0.25, 0.3) is 21.8 Å². The van der Waals surface area contributed by atoms with E-state index in [1.54, 1.807) is 34.8 Å². The van der Waals surface area contributed by atoms with Crippen molar-refractivity contribution in [2.24, 2.45) is 10.8 Å². The molecule has 0 saturated carbocycles. The molecule has 0 atom stereocenters. The standard InChI is InChI=1S/C28H36N2O3S2.C26H32N2O3S2/c1-4-33-27(32)28(11-14-29(15-12-28)16-18-35-26-7-5-17-34-26)10-6-13-30-24-19-21(2)8-9-23(24)22(3)20-25(30)31;1-19-6-7-21-20(2)18-23(29)28(22(21)17-19)11-4-8-26(25(30)31)9-12-27(13-10-26)14-16-33-24-5-3-15-32-24/h5,7-9,17,19-20H,4,6,10-16,18H2,1-3H3;3,5-7,15,17-18H,4,8-14,16H2,1-2H3,(H,30,31). The molecule has 2 fully saturated rings. The fourth-order valence-corrected chi connectivity index (χ4v) is 13.7. The number of hydrogen-bond acceptors (Lipinski definition) is 11. The molecule has 364 valence electrons. The number of likely N-dealkylation sites (tertiary alicyclic amines) is 2. The number of thiophene rings is 2. The number of ether oxygens (including phenoxy) is 1. The lowest BCUT2D eigenvalue weighted by Crippen LogP contribution is -2.46. The van der Waals surface area contributed by atoms with Crippen LogP contribution in [-0.2, 0) is 27.4 Å². The van der Waals surface area contributed by atoms with Gasteiger partial charge in [0, 0.05) is 60.6 Å². The molecule has 0 bridgehead atoms. The van der Waals surface area contributed by atoms with Crippen LogP contribution >= 0.6 is 46.2 Å². The number of carboxylic acid groups (broad SMARTS) is 1. The average molecular weight is 997 g/mol. The molecule has 2 aliphatic rings. The van der Waals surface area contributed by atoms with Crippen LogP contribution in [0.3, 0.4) is 0 Å². The van der Waals surface area contributed by atoms with Crippen LogP contribution in [0.4, 0.5) is 0 Å². The van der Waals surface area contributed by atoms with E-state index in [2.05, 4.69) is 88.1 Å². The highest BCUT2D eigenvalue weighted by Gasteiger charge is 2.43. The zero-order chi connectivity index (χ0) is 48.3. The number of carbonyl (C=O) groups excluding carboxylic acids is 1. The summed E-state index contributed by atoms with van der Waals surface area (Å²) < 4.78 is 11.9. The number of aliphatic carboxylic acids is 1. The number of rotatable bonds is 19. The Labute approximate surface area is 418 Å². The van der Waals surface area contributed by atoms with Gasteiger partial charge in [-0.15, -0.1) is 46.2 Å². The molecule has 0 aliphatic carbocycles. The number of carboxylic acids is 1. The van der Waals surface area contributed by atoms with Crippen molar-refractivity contribution in [2.45, 2.75) is 107 Å². The van der Waals surface area contributed by atoms with Gasteiger partial charge in [-0.1, -0.05) is 36.4 Å². The molecule has 68 heavy (non-hydrogen) atoms. The first-order chi connectivity index (χ1) is 32.8. The van der Waals surface area contributed by atoms with Gasteiger partial charge in [0.25, 0.3) is 11.1 Å². The molecule has 2 aromatic carbocycles. The highest BCUT2D eigenvalue weighted by atomic mass is 32.2. The topological polar surface area (TPSA) is 114 Å². The van der Waals surface area contributed by atoms with Crippen molar-refractivity contribution in [3.05, 3.63) is 127 Å². The Hall–Kier alpha value is -4.18. The van der Waals surface area contributed by atoms with Crippen LogP contribution in [0.15, 0.2) is 102 Å². The third-order valence-corrected chi connectivity index (χ3v) is 18.3. The molecule has 10 nitrogen and oxygen atoms in total. The van der Waals surface area contributed by atoms with Crippen molar-refractivity contribution in [3.63, 3.8) is 0 Å². The number of aryl methyl sites for hydroxylation is 6. The van der Waals surface area contributed by atoms with E-state index in [9.17, 15) is 24.3 Å². The molecule has 0 spiro atoms. The Balaban J connectivity index is 0.000000202. The second-order valence-corrected chi connectivity index (χ2v) is 23.4. The number of hydrogen-bond donors (Lipinski definition) is 1. The minimum Gasteiger partial charge on any atom is -0.481 e. The summed E-state index contributed by atoms with van der Waals surface area (Å²) in [5.74, 6) is 1.34. The number of esters is 1. The van der Waals surface area contributed by atoms with Gasteiger partial charge in [0.2, 0.25) is 0 Å². The number of nitrogens with zero attached hydrogens (tertiary/aromatic N) is 4. The van der Waals surface area contributed by atoms with Gasteiger partial charge in [-0.3, -0.25) is 19.2 Å². The minimum atomic E-state index is -0.688. The highest BCUT2D eigenvalue weighted by molar-refractivity contribution is 8.01. The van der Waals surface area contributed by atoms with E-state index in [1.165, 1.54) is 8.42 Å². The summed E-state index contributed by atoms with van der Waals surface area (Å²) in [6.45, 7) is 17.0. The van der Waals surface area contributed by atoms with Gasteiger partial charge in [0.15, 0.2) is 0 Å². The van der Waals surface area contributed by atoms with Crippen LogP contribution in [0.5, 0.6) is 0 Å². The van der Waals surface area contributed by atoms with Gasteiger partial charge in [0.1, 0.15) is 0 Å². The molecule has 0 amide bonds. The number of aromatic nitrogens is 2. The van der Waals surface area contributed by atoms with Crippen LogP contribution < -0.4 is 11.1 Å². The lowest BCUT2D eigenvalue weighted by atomic mass is 9.74. The fraction of sp³-hybridized carbons (Fsp3) is 0.481. The number of pyridine rings is 2. The fourth-order valence-electron chi connectivity index (χ4n) is 9.99. The predicted molar refractivity (Wildman–Crippen MR) is 284 cm³/mol. The molecular weight excluding hydrogens is 929 g/mol. The van der Waals surface area contributed by atoms with Crippen molar-refractivity contribution in [1.82, 2.24) is 18.9 Å². The van der Waals surface area contributed by atoms with E-state index in [0.29, 0.717) is 45.4 Å². The van der Waals surface area contributed by atoms with Crippen molar-refractivity contribution in [3.8, 4) is 0 Å². The normalized spacial score (nSPS) is 16.1. The van der Waals surface area contributed by atoms with Crippen LogP contribution in [0, 0.1) is 38.5 Å². The van der Waals surface area contributed by atoms with E-state index >= 15 is 0 Å². The molecule has 14 heteroatoms. The third kappa shape index (κ3) is 13.0. The lowest BCUT2D eigenvalue weighted by Gasteiger charge is -2.40. The van der Waals surface area contributed by atoms with E-state index < -0.39 is 16.8 Å². The van der Waals surface area contributed by atoms with Crippen molar-refractivity contribution in [1.29, 1.82) is 0 Å². The molecular formula is C54H68N4O6S4. The monoisotopic (exact) mass is 996 g/mol. The maximum atomic E-state index is 13.1. The summed E-state index contributed by atoms with van der Waals surface area (Å²) in [7, 11) is 0. The van der Waals surface area contributed by atoms with Crippen LogP contribution in [-0.4, -0.2) is 93.4 Å². The maximum Gasteiger partial charge on any atom is 0.312 e. The number of fused-ring (bicyclic) bond motifs is 2. The van der Waals surface area contributed by atoms with Crippen molar-refractivity contribution in [2.75, 3.05) is 57.4 Å². The molecule has 0 radical (unpaired) electrons. The van der Waals surface area contributed by atoms with Gasteiger partial charge in [-0.2, -0.15) is 0 Å². The molecule has 2 aliphatic heterocycles. The number of carbonyl (C=O) groups is 2. The Kier molecular flexibility index (Phi) is 18.3. The summed E-state index contributed by atoms with van der Waals surface area (Å²) >= 11 is 7.33. The Bertz CT molecular complexity index is 2730. The Morgan fingerprint density at radius 3 is 1.49 bits per heavy atom. The number of thioether (sulfide) groups is 2.